The van der Waals surface area contributed by atoms with Crippen LogP contribution in [0, 0.1) is 11.3 Å². The second kappa shape index (κ2) is 8.14. The summed E-state index contributed by atoms with van der Waals surface area (Å²) in [5.41, 5.74) is 0.235. The van der Waals surface area contributed by atoms with Crippen LogP contribution in [0.1, 0.15) is 51.9 Å². The van der Waals surface area contributed by atoms with Crippen molar-refractivity contribution in [3.8, 4) is 0 Å². The molecule has 4 nitrogen and oxygen atoms in total. The molecule has 1 aliphatic carbocycles. The van der Waals surface area contributed by atoms with Crippen LogP contribution in [0.5, 0.6) is 0 Å². The Morgan fingerprint density at radius 1 is 1.33 bits per heavy atom. The topological polar surface area (TPSA) is 41.6 Å². The van der Waals surface area contributed by atoms with E-state index in [2.05, 4.69) is 17.3 Å². The van der Waals surface area contributed by atoms with E-state index >= 15 is 0 Å². The highest BCUT2D eigenvalue weighted by molar-refractivity contribution is 5.75. The van der Waals surface area contributed by atoms with E-state index in [0.717, 1.165) is 32.1 Å². The van der Waals surface area contributed by atoms with Gasteiger partial charge in [-0.2, -0.15) is 0 Å². The monoisotopic (exact) mass is 296 g/mol. The first-order valence-electron chi connectivity index (χ1n) is 8.66. The molecule has 2 fully saturated rings. The molecular formula is C17H32N2O2. The molecule has 0 bridgehead atoms. The number of nitrogens with zero attached hydrogens (tertiary/aromatic N) is 1. The van der Waals surface area contributed by atoms with E-state index in [9.17, 15) is 4.79 Å². The van der Waals surface area contributed by atoms with Crippen LogP contribution in [0.25, 0.3) is 0 Å². The Bertz CT molecular complexity index is 321. The van der Waals surface area contributed by atoms with Gasteiger partial charge in [-0.1, -0.05) is 6.42 Å². The van der Waals surface area contributed by atoms with Gasteiger partial charge in [0.2, 0.25) is 5.91 Å². The molecule has 122 valence electrons. The summed E-state index contributed by atoms with van der Waals surface area (Å²) in [7, 11) is 2.18. The van der Waals surface area contributed by atoms with Crippen molar-refractivity contribution in [1.82, 2.24) is 10.2 Å². The Hall–Kier alpha value is -0.610. The zero-order valence-corrected chi connectivity index (χ0v) is 13.8. The Kier molecular flexibility index (Phi) is 6.49. The Morgan fingerprint density at radius 2 is 2.05 bits per heavy atom. The third-order valence-corrected chi connectivity index (χ3v) is 5.30. The van der Waals surface area contributed by atoms with Crippen LogP contribution in [0.15, 0.2) is 0 Å². The van der Waals surface area contributed by atoms with Crippen molar-refractivity contribution < 1.29 is 9.53 Å². The number of hydrogen-bond acceptors (Lipinski definition) is 3. The summed E-state index contributed by atoms with van der Waals surface area (Å²) < 4.78 is 5.58. The quantitative estimate of drug-likeness (QED) is 0.748. The minimum atomic E-state index is 0.233. The molecule has 4 heteroatoms. The van der Waals surface area contributed by atoms with E-state index < -0.39 is 0 Å². The van der Waals surface area contributed by atoms with Crippen LogP contribution in [0.3, 0.4) is 0 Å². The molecule has 0 atom stereocenters. The summed E-state index contributed by atoms with van der Waals surface area (Å²) in [4.78, 5) is 14.4. The van der Waals surface area contributed by atoms with Gasteiger partial charge in [0, 0.05) is 25.0 Å². The lowest BCUT2D eigenvalue weighted by molar-refractivity contribution is -0.122. The SMILES string of the molecule is CCOCC1(CNC(=O)CCC2CCN(C)CC2)CCC1. The zero-order valence-electron chi connectivity index (χ0n) is 13.8. The molecule has 0 unspecified atom stereocenters. The average molecular weight is 296 g/mol. The van der Waals surface area contributed by atoms with E-state index in [4.69, 9.17) is 4.74 Å². The molecule has 0 aromatic heterocycles. The highest BCUT2D eigenvalue weighted by atomic mass is 16.5. The lowest BCUT2D eigenvalue weighted by atomic mass is 9.69. The number of nitrogens with one attached hydrogen (secondary N) is 1. The molecule has 0 aromatic carbocycles. The van der Waals surface area contributed by atoms with Gasteiger partial charge < -0.3 is 15.0 Å². The van der Waals surface area contributed by atoms with E-state index in [-0.39, 0.29) is 11.3 Å². The van der Waals surface area contributed by atoms with Gasteiger partial charge in [-0.25, -0.2) is 0 Å². The second-order valence-electron chi connectivity index (χ2n) is 7.05. The van der Waals surface area contributed by atoms with Crippen LogP contribution in [0.2, 0.25) is 0 Å². The van der Waals surface area contributed by atoms with E-state index in [1.54, 1.807) is 0 Å². The van der Waals surface area contributed by atoms with E-state index in [1.807, 2.05) is 6.92 Å². The highest BCUT2D eigenvalue weighted by Gasteiger charge is 2.37. The molecule has 1 saturated heterocycles. The number of amides is 1. The van der Waals surface area contributed by atoms with Crippen molar-refractivity contribution in [2.75, 3.05) is 39.9 Å². The highest BCUT2D eigenvalue weighted by Crippen LogP contribution is 2.40. The Balaban J connectivity index is 1.60. The number of piperidine rings is 1. The third-order valence-electron chi connectivity index (χ3n) is 5.30. The van der Waals surface area contributed by atoms with Crippen LogP contribution < -0.4 is 5.32 Å². The Labute approximate surface area is 129 Å². The Morgan fingerprint density at radius 3 is 2.62 bits per heavy atom. The summed E-state index contributed by atoms with van der Waals surface area (Å²) in [6.07, 6.45) is 7.91. The predicted octanol–water partition coefficient (Wildman–Crippen LogP) is 2.43. The molecule has 2 aliphatic rings. The van der Waals surface area contributed by atoms with Crippen molar-refractivity contribution in [3.05, 3.63) is 0 Å². The largest absolute Gasteiger partial charge is 0.381 e. The van der Waals surface area contributed by atoms with Gasteiger partial charge in [0.15, 0.2) is 0 Å². The number of carbonyl (C=O) groups excluding carboxylic acids is 1. The third kappa shape index (κ3) is 5.26. The smallest absolute Gasteiger partial charge is 0.220 e. The maximum atomic E-state index is 12.0. The van der Waals surface area contributed by atoms with Gasteiger partial charge in [0.25, 0.3) is 0 Å². The summed E-state index contributed by atoms with van der Waals surface area (Å²) in [5.74, 6) is 0.977. The fourth-order valence-electron chi connectivity index (χ4n) is 3.43. The molecule has 1 saturated carbocycles. The number of rotatable bonds is 8. The van der Waals surface area contributed by atoms with Crippen LogP contribution in [0.4, 0.5) is 0 Å². The van der Waals surface area contributed by atoms with Crippen molar-refractivity contribution in [1.29, 1.82) is 0 Å². The van der Waals surface area contributed by atoms with Crippen LogP contribution >= 0.6 is 0 Å². The number of carbonyl (C=O) groups is 1. The number of ether oxygens (including phenoxy) is 1. The lowest BCUT2D eigenvalue weighted by Crippen LogP contribution is -2.45. The first-order valence-corrected chi connectivity index (χ1v) is 8.66. The van der Waals surface area contributed by atoms with Gasteiger partial charge in [-0.05, 0) is 65.1 Å². The fraction of sp³-hybridized carbons (Fsp3) is 0.941. The van der Waals surface area contributed by atoms with E-state index in [1.165, 1.54) is 45.2 Å². The van der Waals surface area contributed by atoms with Gasteiger partial charge in [0.1, 0.15) is 0 Å². The lowest BCUT2D eigenvalue weighted by Gasteiger charge is -2.41. The fourth-order valence-corrected chi connectivity index (χ4v) is 3.43. The van der Waals surface area contributed by atoms with Crippen molar-refractivity contribution in [2.24, 2.45) is 11.3 Å². The van der Waals surface area contributed by atoms with Crippen molar-refractivity contribution >= 4 is 5.91 Å². The number of likely N-dealkylation sites (tertiary alicyclic amines) is 1. The maximum Gasteiger partial charge on any atom is 0.220 e. The standard InChI is InChI=1S/C17H32N2O2/c1-3-21-14-17(9-4-10-17)13-18-16(20)6-5-15-7-11-19(2)12-8-15/h15H,3-14H2,1-2H3,(H,18,20). The van der Waals surface area contributed by atoms with Crippen molar-refractivity contribution in [2.45, 2.75) is 51.9 Å². The molecule has 1 amide bonds. The first-order chi connectivity index (χ1) is 10.1. The van der Waals surface area contributed by atoms with Crippen molar-refractivity contribution in [3.63, 3.8) is 0 Å². The number of hydrogen-bond donors (Lipinski definition) is 1. The first kappa shape index (κ1) is 16.8. The molecule has 0 spiro atoms. The molecule has 1 aliphatic heterocycles. The maximum absolute atomic E-state index is 12.0. The minimum Gasteiger partial charge on any atom is -0.381 e. The summed E-state index contributed by atoms with van der Waals surface area (Å²) in [5, 5.41) is 3.15. The van der Waals surface area contributed by atoms with Crippen LogP contribution in [-0.4, -0.2) is 50.7 Å². The molecule has 1 N–H and O–H groups in total. The van der Waals surface area contributed by atoms with Crippen LogP contribution in [-0.2, 0) is 9.53 Å². The van der Waals surface area contributed by atoms with Gasteiger partial charge in [-0.15, -0.1) is 0 Å². The zero-order chi connectivity index (χ0) is 15.1. The second-order valence-corrected chi connectivity index (χ2v) is 7.05. The molecule has 2 rings (SSSR count). The molecule has 0 aromatic rings. The summed E-state index contributed by atoms with van der Waals surface area (Å²) in [6.45, 7) is 6.78. The average Bonchev–Trinajstić information content (AvgIpc) is 2.45. The summed E-state index contributed by atoms with van der Waals surface area (Å²) in [6, 6.07) is 0. The van der Waals surface area contributed by atoms with Gasteiger partial charge in [-0.3, -0.25) is 4.79 Å². The molecular weight excluding hydrogens is 264 g/mol. The normalized spacial score (nSPS) is 22.8. The molecule has 21 heavy (non-hydrogen) atoms. The minimum absolute atomic E-state index is 0.233. The van der Waals surface area contributed by atoms with E-state index in [0.29, 0.717) is 6.42 Å². The molecule has 1 heterocycles. The van der Waals surface area contributed by atoms with Gasteiger partial charge in [0.05, 0.1) is 6.61 Å². The molecule has 0 radical (unpaired) electrons. The van der Waals surface area contributed by atoms with Gasteiger partial charge >= 0.3 is 0 Å². The summed E-state index contributed by atoms with van der Waals surface area (Å²) >= 11 is 0. The predicted molar refractivity (Wildman–Crippen MR) is 85.2 cm³/mol.